The van der Waals surface area contributed by atoms with E-state index in [4.69, 9.17) is 16.3 Å². The molecule has 150 valence electrons. The van der Waals surface area contributed by atoms with Crippen LogP contribution in [0.1, 0.15) is 17.2 Å². The number of carbonyl (C=O) groups excluding carboxylic acids is 2. The highest BCUT2D eigenvalue weighted by atomic mass is 35.5. The molecule has 1 aliphatic rings. The van der Waals surface area contributed by atoms with Crippen molar-refractivity contribution in [1.82, 2.24) is 4.98 Å². The average molecular weight is 421 g/mol. The molecule has 0 aliphatic carbocycles. The number of benzene rings is 2. The van der Waals surface area contributed by atoms with Crippen molar-refractivity contribution in [2.45, 2.75) is 6.04 Å². The van der Waals surface area contributed by atoms with Crippen LogP contribution < -0.4 is 9.64 Å². The van der Waals surface area contributed by atoms with Crippen LogP contribution in [0.4, 0.5) is 5.69 Å². The summed E-state index contributed by atoms with van der Waals surface area (Å²) in [6.45, 7) is 0. The van der Waals surface area contributed by atoms with Crippen molar-refractivity contribution in [2.75, 3.05) is 12.0 Å². The molecule has 2 heterocycles. The Labute approximate surface area is 178 Å². The Morgan fingerprint density at radius 3 is 2.53 bits per heavy atom. The van der Waals surface area contributed by atoms with E-state index in [1.807, 2.05) is 0 Å². The number of ketones is 1. The number of pyridine rings is 1. The summed E-state index contributed by atoms with van der Waals surface area (Å²) in [6, 6.07) is 16.0. The van der Waals surface area contributed by atoms with Crippen molar-refractivity contribution in [3.05, 3.63) is 94.8 Å². The van der Waals surface area contributed by atoms with Crippen LogP contribution in [0, 0.1) is 0 Å². The summed E-state index contributed by atoms with van der Waals surface area (Å²) in [5.41, 5.74) is 1.44. The molecule has 1 atom stereocenters. The Bertz CT molecular complexity index is 1140. The van der Waals surface area contributed by atoms with Gasteiger partial charge in [-0.05, 0) is 54.1 Å². The molecule has 7 heteroatoms. The molecule has 0 spiro atoms. The number of hydrogen-bond donors (Lipinski definition) is 1. The van der Waals surface area contributed by atoms with Crippen LogP contribution >= 0.6 is 11.6 Å². The van der Waals surface area contributed by atoms with Crippen LogP contribution in [0.5, 0.6) is 5.75 Å². The third-order valence-electron chi connectivity index (χ3n) is 4.90. The normalized spacial score (nSPS) is 17.9. The summed E-state index contributed by atoms with van der Waals surface area (Å²) >= 11 is 5.94. The first-order valence-electron chi connectivity index (χ1n) is 9.12. The fourth-order valence-corrected chi connectivity index (χ4v) is 3.61. The van der Waals surface area contributed by atoms with E-state index in [1.165, 1.54) is 18.2 Å². The summed E-state index contributed by atoms with van der Waals surface area (Å²) in [6.07, 6.45) is 3.08. The van der Waals surface area contributed by atoms with Gasteiger partial charge in [-0.25, -0.2) is 0 Å². The molecule has 1 aliphatic heterocycles. The molecule has 1 saturated heterocycles. The zero-order chi connectivity index (χ0) is 21.3. The molecule has 30 heavy (non-hydrogen) atoms. The summed E-state index contributed by atoms with van der Waals surface area (Å²) < 4.78 is 5.31. The van der Waals surface area contributed by atoms with E-state index in [0.29, 0.717) is 27.6 Å². The minimum absolute atomic E-state index is 0.0144. The zero-order valence-corrected chi connectivity index (χ0v) is 16.7. The summed E-state index contributed by atoms with van der Waals surface area (Å²) in [4.78, 5) is 31.4. The molecule has 0 saturated carbocycles. The maximum Gasteiger partial charge on any atom is 0.300 e. The molecule has 1 amide bonds. The van der Waals surface area contributed by atoms with Crippen LogP contribution in [-0.4, -0.2) is 28.9 Å². The van der Waals surface area contributed by atoms with E-state index in [0.717, 1.165) is 0 Å². The van der Waals surface area contributed by atoms with E-state index in [-0.39, 0.29) is 11.3 Å². The third kappa shape index (κ3) is 3.42. The molecule has 1 fully saturated rings. The van der Waals surface area contributed by atoms with E-state index < -0.39 is 17.7 Å². The second kappa shape index (κ2) is 8.00. The van der Waals surface area contributed by atoms with Crippen molar-refractivity contribution in [1.29, 1.82) is 0 Å². The number of aliphatic hydroxyl groups excluding tert-OH is 1. The topological polar surface area (TPSA) is 79.7 Å². The maximum atomic E-state index is 13.0. The highest BCUT2D eigenvalue weighted by Crippen LogP contribution is 2.42. The van der Waals surface area contributed by atoms with Crippen LogP contribution in [0.2, 0.25) is 5.02 Å². The Morgan fingerprint density at radius 2 is 1.87 bits per heavy atom. The molecule has 4 rings (SSSR count). The lowest BCUT2D eigenvalue weighted by molar-refractivity contribution is -0.132. The number of nitrogens with zero attached hydrogens (tertiary/aromatic N) is 2. The molecular formula is C23H17ClN2O4. The van der Waals surface area contributed by atoms with Gasteiger partial charge < -0.3 is 9.84 Å². The molecule has 3 aromatic rings. The van der Waals surface area contributed by atoms with Crippen molar-refractivity contribution in [3.63, 3.8) is 0 Å². The summed E-state index contributed by atoms with van der Waals surface area (Å²) in [5.74, 6) is -1.23. The Morgan fingerprint density at radius 1 is 1.10 bits per heavy atom. The number of carbonyl (C=O) groups is 2. The van der Waals surface area contributed by atoms with Crippen molar-refractivity contribution < 1.29 is 19.4 Å². The van der Waals surface area contributed by atoms with Crippen LogP contribution in [0.15, 0.2) is 78.6 Å². The fourth-order valence-electron chi connectivity index (χ4n) is 3.49. The van der Waals surface area contributed by atoms with Gasteiger partial charge >= 0.3 is 0 Å². The van der Waals surface area contributed by atoms with Gasteiger partial charge in [0, 0.05) is 16.8 Å². The van der Waals surface area contributed by atoms with E-state index in [2.05, 4.69) is 4.98 Å². The molecule has 1 unspecified atom stereocenters. The minimum Gasteiger partial charge on any atom is -0.507 e. The van der Waals surface area contributed by atoms with Gasteiger partial charge in [-0.1, -0.05) is 23.7 Å². The van der Waals surface area contributed by atoms with Crippen LogP contribution in [0.3, 0.4) is 0 Å². The largest absolute Gasteiger partial charge is 0.507 e. The van der Waals surface area contributed by atoms with Crippen LogP contribution in [0.25, 0.3) is 5.76 Å². The Hall–Kier alpha value is -3.64. The van der Waals surface area contributed by atoms with Gasteiger partial charge in [0.05, 0.1) is 30.6 Å². The molecule has 1 aromatic heterocycles. The van der Waals surface area contributed by atoms with E-state index >= 15 is 0 Å². The second-order valence-corrected chi connectivity index (χ2v) is 7.10. The first kappa shape index (κ1) is 19.7. The van der Waals surface area contributed by atoms with Crippen molar-refractivity contribution in [3.8, 4) is 5.75 Å². The average Bonchev–Trinajstić information content (AvgIpc) is 3.05. The molecule has 0 bridgehead atoms. The predicted octanol–water partition coefficient (Wildman–Crippen LogP) is 4.37. The molecule has 1 N–H and O–H groups in total. The third-order valence-corrected chi connectivity index (χ3v) is 5.15. The van der Waals surface area contributed by atoms with Gasteiger partial charge in [-0.2, -0.15) is 0 Å². The lowest BCUT2D eigenvalue weighted by Gasteiger charge is -2.25. The lowest BCUT2D eigenvalue weighted by Crippen LogP contribution is -2.29. The molecule has 0 radical (unpaired) electrons. The first-order chi connectivity index (χ1) is 14.5. The number of rotatable bonds is 4. The summed E-state index contributed by atoms with van der Waals surface area (Å²) in [5, 5.41) is 11.5. The van der Waals surface area contributed by atoms with Gasteiger partial charge in [0.1, 0.15) is 11.5 Å². The number of methoxy groups -OCH3 is 1. The van der Waals surface area contributed by atoms with E-state index in [1.54, 1.807) is 66.9 Å². The second-order valence-electron chi connectivity index (χ2n) is 6.66. The Balaban J connectivity index is 1.95. The number of halogens is 1. The quantitative estimate of drug-likeness (QED) is 0.385. The fraction of sp³-hybridized carbons (Fsp3) is 0.0870. The highest BCUT2D eigenvalue weighted by Gasteiger charge is 2.47. The number of aliphatic hydroxyl groups is 1. The highest BCUT2D eigenvalue weighted by molar-refractivity contribution is 6.51. The molecular weight excluding hydrogens is 404 g/mol. The zero-order valence-electron chi connectivity index (χ0n) is 15.9. The standard InChI is InChI=1S/C23H17ClN2O4/c1-30-18-6-2-4-15(12-18)20-19(21(27)14-7-9-16(24)10-8-14)22(28)23(29)26(20)17-5-3-11-25-13-17/h2-13,20,27H,1H3/b21-19-. The molecule has 6 nitrogen and oxygen atoms in total. The van der Waals surface area contributed by atoms with Gasteiger partial charge in [0.15, 0.2) is 0 Å². The van der Waals surface area contributed by atoms with Crippen molar-refractivity contribution in [2.24, 2.45) is 0 Å². The summed E-state index contributed by atoms with van der Waals surface area (Å²) in [7, 11) is 1.53. The maximum absolute atomic E-state index is 13.0. The van der Waals surface area contributed by atoms with Gasteiger partial charge in [0.2, 0.25) is 0 Å². The smallest absolute Gasteiger partial charge is 0.300 e. The van der Waals surface area contributed by atoms with Crippen LogP contribution in [-0.2, 0) is 9.59 Å². The van der Waals surface area contributed by atoms with Gasteiger partial charge in [-0.15, -0.1) is 0 Å². The number of hydrogen-bond acceptors (Lipinski definition) is 5. The number of ether oxygens (including phenoxy) is 1. The monoisotopic (exact) mass is 420 g/mol. The predicted molar refractivity (Wildman–Crippen MR) is 113 cm³/mol. The van der Waals surface area contributed by atoms with Gasteiger partial charge in [0.25, 0.3) is 11.7 Å². The number of anilines is 1. The Kier molecular flexibility index (Phi) is 5.25. The lowest BCUT2D eigenvalue weighted by atomic mass is 9.95. The number of amides is 1. The SMILES string of the molecule is COc1cccc(C2/C(=C(/O)c3ccc(Cl)cc3)C(=O)C(=O)N2c2cccnc2)c1. The number of Topliss-reactive ketones (excluding diaryl/α,β-unsaturated/α-hetero) is 1. The van der Waals surface area contributed by atoms with Gasteiger partial charge in [-0.3, -0.25) is 19.5 Å². The first-order valence-corrected chi connectivity index (χ1v) is 9.50. The van der Waals surface area contributed by atoms with E-state index in [9.17, 15) is 14.7 Å². The number of aromatic nitrogens is 1. The minimum atomic E-state index is -0.847. The molecule has 2 aromatic carbocycles. The van der Waals surface area contributed by atoms with Crippen molar-refractivity contribution >= 4 is 34.7 Å².